The zero-order chi connectivity index (χ0) is 33.7. The third-order valence-corrected chi connectivity index (χ3v) is 9.05. The van der Waals surface area contributed by atoms with Crippen LogP contribution in [0.4, 0.5) is 30.7 Å². The number of imidazole rings is 1. The molecule has 2 amide bonds. The Morgan fingerprint density at radius 1 is 1.00 bits per heavy atom. The van der Waals surface area contributed by atoms with Gasteiger partial charge in [0.15, 0.2) is 11.3 Å². The third-order valence-electron chi connectivity index (χ3n) is 9.05. The molecule has 2 atom stereocenters. The molecule has 3 aliphatic rings. The van der Waals surface area contributed by atoms with E-state index in [0.29, 0.717) is 16.9 Å². The van der Waals surface area contributed by atoms with Crippen molar-refractivity contribution in [2.24, 2.45) is 17.6 Å². The van der Waals surface area contributed by atoms with Crippen molar-refractivity contribution in [3.63, 3.8) is 0 Å². The number of hydrogen-bond acceptors (Lipinski definition) is 7. The number of aromatic nitrogens is 6. The Labute approximate surface area is 264 Å². The highest BCUT2D eigenvalue weighted by Crippen LogP contribution is 2.45. The molecule has 0 bridgehead atoms. The molecule has 2 saturated carbocycles. The highest BCUT2D eigenvalue weighted by Gasteiger charge is 2.44. The van der Waals surface area contributed by atoms with E-state index in [9.17, 15) is 40.3 Å². The molecule has 3 aromatic heterocycles. The molecular formula is C29H34F7N9O2. The normalized spacial score (nSPS) is 21.3. The van der Waals surface area contributed by atoms with Crippen molar-refractivity contribution in [3.05, 3.63) is 41.1 Å². The molecule has 0 aromatic carbocycles. The van der Waals surface area contributed by atoms with Gasteiger partial charge in [0.2, 0.25) is 11.8 Å². The number of rotatable bonds is 12. The minimum Gasteiger partial charge on any atom is -0.364 e. The van der Waals surface area contributed by atoms with Gasteiger partial charge in [0, 0.05) is 25.8 Å². The fraction of sp³-hybridized carbons (Fsp3) is 0.655. The summed E-state index contributed by atoms with van der Waals surface area (Å²) in [4.78, 5) is 32.3. The molecule has 0 radical (unpaired) electrons. The Kier molecular flexibility index (Phi) is 8.67. The van der Waals surface area contributed by atoms with Gasteiger partial charge in [0.25, 0.3) is 11.8 Å². The van der Waals surface area contributed by atoms with Crippen molar-refractivity contribution >= 4 is 17.5 Å². The number of alkyl halides is 7. The van der Waals surface area contributed by atoms with E-state index in [1.54, 1.807) is 12.3 Å². The largest absolute Gasteiger partial charge is 0.389 e. The summed E-state index contributed by atoms with van der Waals surface area (Å²) < 4.78 is 94.5. The van der Waals surface area contributed by atoms with Crippen molar-refractivity contribution in [2.75, 3.05) is 19.6 Å². The van der Waals surface area contributed by atoms with Crippen LogP contribution in [0.15, 0.2) is 18.5 Å². The monoisotopic (exact) mass is 673 g/mol. The van der Waals surface area contributed by atoms with Gasteiger partial charge in [-0.15, -0.1) is 5.10 Å². The van der Waals surface area contributed by atoms with E-state index in [1.165, 1.54) is 20.4 Å². The fourth-order valence-electron chi connectivity index (χ4n) is 6.48. The lowest BCUT2D eigenvalue weighted by Gasteiger charge is -2.38. The summed E-state index contributed by atoms with van der Waals surface area (Å²) >= 11 is 0. The first-order chi connectivity index (χ1) is 22.1. The predicted molar refractivity (Wildman–Crippen MR) is 151 cm³/mol. The number of halogens is 7. The molecule has 4 heterocycles. The van der Waals surface area contributed by atoms with Crippen molar-refractivity contribution in [3.8, 4) is 0 Å². The number of carbonyl (C=O) groups excluding carboxylic acids is 2. The molecule has 6 rings (SSSR count). The zero-order valence-electron chi connectivity index (χ0n) is 25.2. The summed E-state index contributed by atoms with van der Waals surface area (Å²) in [5.41, 5.74) is 6.86. The van der Waals surface area contributed by atoms with E-state index in [-0.39, 0.29) is 56.1 Å². The Morgan fingerprint density at radius 2 is 1.70 bits per heavy atom. The molecule has 2 aliphatic carbocycles. The molecule has 3 aromatic rings. The van der Waals surface area contributed by atoms with E-state index < -0.39 is 73.6 Å². The van der Waals surface area contributed by atoms with Crippen molar-refractivity contribution < 1.29 is 40.3 Å². The van der Waals surface area contributed by atoms with Gasteiger partial charge < -0.3 is 11.1 Å². The lowest BCUT2D eigenvalue weighted by molar-refractivity contribution is -0.144. The van der Waals surface area contributed by atoms with Crippen LogP contribution in [0, 0.1) is 11.8 Å². The summed E-state index contributed by atoms with van der Waals surface area (Å²) in [6.45, 7) is -0.535. The molecule has 3 N–H and O–H groups in total. The molecule has 1 saturated heterocycles. The quantitative estimate of drug-likeness (QED) is 0.275. The number of fused-ring (bicyclic) bond motifs is 1. The summed E-state index contributed by atoms with van der Waals surface area (Å²) in [7, 11) is 0. The summed E-state index contributed by atoms with van der Waals surface area (Å²) in [6, 6.07) is 1.09. The Bertz CT molecular complexity index is 1620. The summed E-state index contributed by atoms with van der Waals surface area (Å²) in [5.74, 6) is -8.43. The molecular weight excluding hydrogens is 639 g/mol. The van der Waals surface area contributed by atoms with Crippen LogP contribution in [0.5, 0.6) is 0 Å². The number of nitrogens with one attached hydrogen (secondary N) is 1. The molecule has 256 valence electrons. The van der Waals surface area contributed by atoms with Gasteiger partial charge in [-0.1, -0.05) is 0 Å². The number of nitrogens with two attached hydrogens (primary N) is 1. The van der Waals surface area contributed by atoms with Crippen molar-refractivity contribution in [2.45, 2.75) is 87.9 Å². The number of nitrogens with zero attached hydrogens (tertiary/aromatic N) is 7. The molecule has 11 nitrogen and oxygen atoms in total. The molecule has 18 heteroatoms. The van der Waals surface area contributed by atoms with Gasteiger partial charge in [-0.25, -0.2) is 27.1 Å². The number of likely N-dealkylation sites (tertiary alicyclic amines) is 1. The highest BCUT2D eigenvalue weighted by atomic mass is 19.4. The van der Waals surface area contributed by atoms with E-state index in [2.05, 4.69) is 20.6 Å². The molecule has 1 aliphatic heterocycles. The lowest BCUT2D eigenvalue weighted by Crippen LogP contribution is -2.56. The van der Waals surface area contributed by atoms with Gasteiger partial charge in [0.1, 0.15) is 5.69 Å². The first kappa shape index (κ1) is 33.1. The Balaban J connectivity index is 1.30. The van der Waals surface area contributed by atoms with Gasteiger partial charge in [-0.2, -0.15) is 28.2 Å². The highest BCUT2D eigenvalue weighted by molar-refractivity contribution is 5.92. The maximum atomic E-state index is 14.2. The van der Waals surface area contributed by atoms with Gasteiger partial charge >= 0.3 is 6.18 Å². The predicted octanol–water partition coefficient (Wildman–Crippen LogP) is 4.24. The maximum Gasteiger partial charge on any atom is 0.389 e. The minimum absolute atomic E-state index is 0.0239. The zero-order valence-corrected chi connectivity index (χ0v) is 25.2. The maximum absolute atomic E-state index is 14.2. The van der Waals surface area contributed by atoms with Gasteiger partial charge in [0.05, 0.1) is 56.1 Å². The minimum atomic E-state index is -4.46. The second-order valence-electron chi connectivity index (χ2n) is 12.9. The molecule has 3 fully saturated rings. The third kappa shape index (κ3) is 7.84. The van der Waals surface area contributed by atoms with Crippen LogP contribution in [0.25, 0.3) is 5.65 Å². The van der Waals surface area contributed by atoms with Crippen LogP contribution in [0.1, 0.15) is 90.8 Å². The number of hydrogen-bond donors (Lipinski definition) is 2. The topological polar surface area (TPSA) is 136 Å². The molecule has 0 unspecified atom stereocenters. The van der Waals surface area contributed by atoms with Crippen LogP contribution in [-0.2, 0) is 11.3 Å². The second kappa shape index (κ2) is 12.3. The fourth-order valence-corrected chi connectivity index (χ4v) is 6.48. The SMILES string of the molecule is NC(=O)c1nn(CCN2CC(F)(F)C2)nc1[C@H](c1cn2ncc([C@H](NC(=O)CCC(F)(F)F)C3CC3)cc2n1)C1CCC(F)(F)CC1. The van der Waals surface area contributed by atoms with Crippen LogP contribution < -0.4 is 11.1 Å². The van der Waals surface area contributed by atoms with Crippen LogP contribution in [0.2, 0.25) is 0 Å². The summed E-state index contributed by atoms with van der Waals surface area (Å²) in [6.07, 6.45) is -2.38. The van der Waals surface area contributed by atoms with E-state index in [0.717, 1.165) is 12.8 Å². The first-order valence-corrected chi connectivity index (χ1v) is 15.5. The number of primary amides is 1. The molecule has 0 spiro atoms. The number of amides is 2. The van der Waals surface area contributed by atoms with Crippen molar-refractivity contribution in [1.29, 1.82) is 0 Å². The van der Waals surface area contributed by atoms with Crippen LogP contribution in [-0.4, -0.2) is 84.0 Å². The number of carbonyl (C=O) groups is 2. The standard InChI is InChI=1S/C29H34F7N9O2/c30-27(31)6-3-16(4-7-27)22(24-25(26(37)47)42-45(41-24)10-9-43-14-28(32,33)15-43)19-13-44-20(39-19)11-18(12-38-44)23(17-1-2-17)40-21(46)5-8-29(34,35)36/h11-13,16-17,22-23H,1-10,14-15H2,(H2,37,47)(H,40,46)/t22-,23+/m0/s1. The van der Waals surface area contributed by atoms with Crippen LogP contribution in [0.3, 0.4) is 0 Å². The van der Waals surface area contributed by atoms with E-state index in [4.69, 9.17) is 10.7 Å². The smallest absolute Gasteiger partial charge is 0.364 e. The first-order valence-electron chi connectivity index (χ1n) is 15.5. The van der Waals surface area contributed by atoms with E-state index >= 15 is 0 Å². The second-order valence-corrected chi connectivity index (χ2v) is 12.9. The van der Waals surface area contributed by atoms with Crippen molar-refractivity contribution in [1.82, 2.24) is 39.8 Å². The lowest BCUT2D eigenvalue weighted by atomic mass is 9.75. The Morgan fingerprint density at radius 3 is 2.32 bits per heavy atom. The van der Waals surface area contributed by atoms with Gasteiger partial charge in [-0.3, -0.25) is 14.5 Å². The Hall–Kier alpha value is -3.83. The average Bonchev–Trinajstić information content (AvgIpc) is 3.59. The van der Waals surface area contributed by atoms with E-state index in [1.807, 2.05) is 0 Å². The van der Waals surface area contributed by atoms with Crippen LogP contribution >= 0.6 is 0 Å². The summed E-state index contributed by atoms with van der Waals surface area (Å²) in [5, 5.41) is 15.8. The molecule has 47 heavy (non-hydrogen) atoms. The van der Waals surface area contributed by atoms with Gasteiger partial charge in [-0.05, 0) is 49.1 Å². The average molecular weight is 674 g/mol.